The van der Waals surface area contributed by atoms with E-state index < -0.39 is 0 Å². The van der Waals surface area contributed by atoms with E-state index in [1.165, 1.54) is 7.11 Å². The first-order valence-corrected chi connectivity index (χ1v) is 5.96. The molecule has 0 saturated carbocycles. The summed E-state index contributed by atoms with van der Waals surface area (Å²) in [6.45, 7) is 0.996. The number of carbonyl (C=O) groups is 1. The number of nitrogens with zero attached hydrogens (tertiary/aromatic N) is 3. The molecule has 2 aromatic rings. The van der Waals surface area contributed by atoms with E-state index in [2.05, 4.69) is 15.5 Å². The molecule has 1 aliphatic rings. The Morgan fingerprint density at radius 2 is 2.39 bits per heavy atom. The summed E-state index contributed by atoms with van der Waals surface area (Å²) in [7, 11) is 1.37. The Labute approximate surface area is 104 Å². The highest BCUT2D eigenvalue weighted by atomic mass is 16.5. The second kappa shape index (κ2) is 4.38. The van der Waals surface area contributed by atoms with Gasteiger partial charge in [-0.15, -0.1) is 10.2 Å². The Balaban J connectivity index is 2.07. The summed E-state index contributed by atoms with van der Waals surface area (Å²) in [5.41, 5.74) is 1.25. The van der Waals surface area contributed by atoms with Crippen molar-refractivity contribution in [1.29, 1.82) is 0 Å². The second-order valence-corrected chi connectivity index (χ2v) is 4.34. The molecule has 0 bridgehead atoms. The zero-order valence-corrected chi connectivity index (χ0v) is 10.1. The van der Waals surface area contributed by atoms with Crippen LogP contribution in [-0.4, -0.2) is 34.2 Å². The summed E-state index contributed by atoms with van der Waals surface area (Å²) >= 11 is 0. The van der Waals surface area contributed by atoms with E-state index in [1.54, 1.807) is 18.3 Å². The molecule has 18 heavy (non-hydrogen) atoms. The van der Waals surface area contributed by atoms with Gasteiger partial charge in [0.15, 0.2) is 11.5 Å². The standard InChI is InChI=1S/C12H14N4O2/c1-18-12(17)8-4-5-10-14-15-11(16(10)7-8)9-3-2-6-13-9/h4-5,7,9,13H,2-3,6H2,1H3. The van der Waals surface area contributed by atoms with E-state index in [-0.39, 0.29) is 12.0 Å². The van der Waals surface area contributed by atoms with Crippen LogP contribution in [0.2, 0.25) is 0 Å². The summed E-state index contributed by atoms with van der Waals surface area (Å²) in [5.74, 6) is 0.504. The normalized spacial score (nSPS) is 19.3. The zero-order chi connectivity index (χ0) is 12.5. The number of methoxy groups -OCH3 is 1. The van der Waals surface area contributed by atoms with E-state index in [1.807, 2.05) is 4.40 Å². The Morgan fingerprint density at radius 1 is 1.50 bits per heavy atom. The maximum absolute atomic E-state index is 11.5. The van der Waals surface area contributed by atoms with Crippen molar-refractivity contribution < 1.29 is 9.53 Å². The topological polar surface area (TPSA) is 68.5 Å². The van der Waals surface area contributed by atoms with E-state index >= 15 is 0 Å². The summed E-state index contributed by atoms with van der Waals surface area (Å²) in [6, 6.07) is 3.69. The van der Waals surface area contributed by atoms with Crippen LogP contribution in [0.5, 0.6) is 0 Å². The molecule has 0 aliphatic carbocycles. The number of fused-ring (bicyclic) bond motifs is 1. The molecule has 1 N–H and O–H groups in total. The maximum Gasteiger partial charge on any atom is 0.339 e. The van der Waals surface area contributed by atoms with Gasteiger partial charge in [0.25, 0.3) is 0 Å². The molecule has 0 spiro atoms. The number of esters is 1. The molecule has 3 heterocycles. The van der Waals surface area contributed by atoms with Crippen LogP contribution in [0.15, 0.2) is 18.3 Å². The molecule has 1 unspecified atom stereocenters. The van der Waals surface area contributed by atoms with Crippen LogP contribution in [0.3, 0.4) is 0 Å². The van der Waals surface area contributed by atoms with Crippen LogP contribution in [0, 0.1) is 0 Å². The fraction of sp³-hybridized carbons (Fsp3) is 0.417. The lowest BCUT2D eigenvalue weighted by molar-refractivity contribution is 0.0600. The minimum atomic E-state index is -0.351. The third-order valence-electron chi connectivity index (χ3n) is 3.22. The van der Waals surface area contributed by atoms with Gasteiger partial charge in [-0.05, 0) is 31.5 Å². The molecule has 0 amide bonds. The molecular weight excluding hydrogens is 232 g/mol. The van der Waals surface area contributed by atoms with Crippen LogP contribution in [0.25, 0.3) is 5.65 Å². The molecule has 6 nitrogen and oxygen atoms in total. The van der Waals surface area contributed by atoms with Gasteiger partial charge in [0.2, 0.25) is 0 Å². The first kappa shape index (κ1) is 11.2. The van der Waals surface area contributed by atoms with Crippen molar-refractivity contribution in [3.8, 4) is 0 Å². The highest BCUT2D eigenvalue weighted by Crippen LogP contribution is 2.22. The number of pyridine rings is 1. The van der Waals surface area contributed by atoms with Crippen molar-refractivity contribution in [2.24, 2.45) is 0 Å². The van der Waals surface area contributed by atoms with Crippen LogP contribution >= 0.6 is 0 Å². The number of rotatable bonds is 2. The van der Waals surface area contributed by atoms with Crippen molar-refractivity contribution in [3.05, 3.63) is 29.7 Å². The molecule has 1 atom stereocenters. The highest BCUT2D eigenvalue weighted by Gasteiger charge is 2.22. The molecule has 6 heteroatoms. The monoisotopic (exact) mass is 246 g/mol. The molecule has 0 aromatic carbocycles. The van der Waals surface area contributed by atoms with Crippen molar-refractivity contribution in [3.63, 3.8) is 0 Å². The molecule has 3 rings (SSSR count). The first-order chi connectivity index (χ1) is 8.79. The predicted octanol–water partition coefficient (Wildman–Crippen LogP) is 0.940. The summed E-state index contributed by atoms with van der Waals surface area (Å²) in [5, 5.41) is 11.7. The first-order valence-electron chi connectivity index (χ1n) is 5.96. The van der Waals surface area contributed by atoms with E-state index in [9.17, 15) is 4.79 Å². The van der Waals surface area contributed by atoms with Crippen molar-refractivity contribution >= 4 is 11.6 Å². The van der Waals surface area contributed by atoms with Gasteiger partial charge in [-0.1, -0.05) is 0 Å². The fourth-order valence-electron chi connectivity index (χ4n) is 2.29. The van der Waals surface area contributed by atoms with E-state index in [0.717, 1.165) is 30.9 Å². The van der Waals surface area contributed by atoms with Gasteiger partial charge in [0.05, 0.1) is 18.7 Å². The third-order valence-corrected chi connectivity index (χ3v) is 3.22. The van der Waals surface area contributed by atoms with Crippen molar-refractivity contribution in [2.45, 2.75) is 18.9 Å². The molecular formula is C12H14N4O2. The Hall–Kier alpha value is -1.95. The molecule has 94 valence electrons. The minimum Gasteiger partial charge on any atom is -0.465 e. The Kier molecular flexibility index (Phi) is 2.71. The third kappa shape index (κ3) is 1.74. The van der Waals surface area contributed by atoms with Gasteiger partial charge >= 0.3 is 5.97 Å². The van der Waals surface area contributed by atoms with Gasteiger partial charge in [-0.25, -0.2) is 4.79 Å². The average molecular weight is 246 g/mol. The summed E-state index contributed by atoms with van der Waals surface area (Å²) in [4.78, 5) is 11.5. The molecule has 1 fully saturated rings. The van der Waals surface area contributed by atoms with E-state index in [0.29, 0.717) is 5.56 Å². The van der Waals surface area contributed by atoms with Gasteiger partial charge in [-0.3, -0.25) is 4.40 Å². The number of aromatic nitrogens is 3. The van der Waals surface area contributed by atoms with Crippen molar-refractivity contribution in [2.75, 3.05) is 13.7 Å². The van der Waals surface area contributed by atoms with Gasteiger partial charge < -0.3 is 10.1 Å². The van der Waals surface area contributed by atoms with Gasteiger partial charge in [0.1, 0.15) is 0 Å². The quantitative estimate of drug-likeness (QED) is 0.799. The smallest absolute Gasteiger partial charge is 0.339 e. The molecule has 1 saturated heterocycles. The van der Waals surface area contributed by atoms with Gasteiger partial charge in [-0.2, -0.15) is 0 Å². The van der Waals surface area contributed by atoms with Gasteiger partial charge in [0, 0.05) is 6.20 Å². The number of nitrogens with one attached hydrogen (secondary N) is 1. The predicted molar refractivity (Wildman–Crippen MR) is 64.3 cm³/mol. The molecule has 2 aromatic heterocycles. The summed E-state index contributed by atoms with van der Waals surface area (Å²) < 4.78 is 6.57. The lowest BCUT2D eigenvalue weighted by atomic mass is 10.2. The highest BCUT2D eigenvalue weighted by molar-refractivity contribution is 5.89. The number of hydrogen-bond acceptors (Lipinski definition) is 5. The molecule has 0 radical (unpaired) electrons. The number of carbonyl (C=O) groups excluding carboxylic acids is 1. The lowest BCUT2D eigenvalue weighted by Crippen LogP contribution is -2.16. The second-order valence-electron chi connectivity index (χ2n) is 4.34. The van der Waals surface area contributed by atoms with Crippen LogP contribution in [0.4, 0.5) is 0 Å². The minimum absolute atomic E-state index is 0.216. The zero-order valence-electron chi connectivity index (χ0n) is 10.1. The molecule has 1 aliphatic heterocycles. The fourth-order valence-corrected chi connectivity index (χ4v) is 2.29. The van der Waals surface area contributed by atoms with Crippen molar-refractivity contribution in [1.82, 2.24) is 19.9 Å². The maximum atomic E-state index is 11.5. The Morgan fingerprint density at radius 3 is 3.11 bits per heavy atom. The SMILES string of the molecule is COC(=O)c1ccc2nnc(C3CCCN3)n2c1. The summed E-state index contributed by atoms with van der Waals surface area (Å²) in [6.07, 6.45) is 3.91. The average Bonchev–Trinajstić information content (AvgIpc) is 3.05. The van der Waals surface area contributed by atoms with Crippen LogP contribution in [-0.2, 0) is 4.74 Å². The van der Waals surface area contributed by atoms with Crippen LogP contribution < -0.4 is 5.32 Å². The number of hydrogen-bond donors (Lipinski definition) is 1. The lowest BCUT2D eigenvalue weighted by Gasteiger charge is -2.08. The largest absolute Gasteiger partial charge is 0.465 e. The Bertz CT molecular complexity index is 587. The van der Waals surface area contributed by atoms with Crippen LogP contribution in [0.1, 0.15) is 35.1 Å². The van der Waals surface area contributed by atoms with E-state index in [4.69, 9.17) is 4.74 Å². The number of ether oxygens (including phenoxy) is 1.